The van der Waals surface area contributed by atoms with Gasteiger partial charge in [0.15, 0.2) is 0 Å². The molecule has 4 rings (SSSR count). The van der Waals surface area contributed by atoms with Gasteiger partial charge in [-0.25, -0.2) is 0 Å². The summed E-state index contributed by atoms with van der Waals surface area (Å²) in [7, 11) is 0. The number of hydrogen-bond donors (Lipinski definition) is 1. The highest BCUT2D eigenvalue weighted by Crippen LogP contribution is 2.33. The van der Waals surface area contributed by atoms with Gasteiger partial charge in [-0.3, -0.25) is 4.79 Å². The average molecular weight is 352 g/mol. The summed E-state index contributed by atoms with van der Waals surface area (Å²) >= 11 is 0. The lowest BCUT2D eigenvalue weighted by atomic mass is 10.0. The SMILES string of the molecule is CCN1C(=O)c2ccccc2NC1c1cccc(OCC2CCCO2)c1. The molecule has 2 unspecified atom stereocenters. The molecule has 2 heterocycles. The lowest BCUT2D eigenvalue weighted by Crippen LogP contribution is -2.42. The van der Waals surface area contributed by atoms with Crippen LogP contribution in [0.1, 0.15) is 41.9 Å². The first-order valence-electron chi connectivity index (χ1n) is 9.27. The number of fused-ring (bicyclic) bond motifs is 1. The molecule has 136 valence electrons. The van der Waals surface area contributed by atoms with E-state index < -0.39 is 0 Å². The fourth-order valence-corrected chi connectivity index (χ4v) is 3.62. The van der Waals surface area contributed by atoms with Crippen molar-refractivity contribution in [2.75, 3.05) is 25.1 Å². The molecule has 1 amide bonds. The van der Waals surface area contributed by atoms with Crippen LogP contribution in [-0.4, -0.2) is 36.7 Å². The van der Waals surface area contributed by atoms with Crippen molar-refractivity contribution < 1.29 is 14.3 Å². The molecule has 2 aromatic carbocycles. The van der Waals surface area contributed by atoms with Crippen molar-refractivity contribution in [3.8, 4) is 5.75 Å². The lowest BCUT2D eigenvalue weighted by molar-refractivity contribution is 0.0674. The Morgan fingerprint density at radius 3 is 2.92 bits per heavy atom. The Kier molecular flexibility index (Phi) is 4.80. The van der Waals surface area contributed by atoms with Crippen LogP contribution in [0.15, 0.2) is 48.5 Å². The molecule has 2 aromatic rings. The maximum absolute atomic E-state index is 12.9. The Balaban J connectivity index is 1.56. The van der Waals surface area contributed by atoms with Crippen LogP contribution in [0.5, 0.6) is 5.75 Å². The van der Waals surface area contributed by atoms with Crippen LogP contribution in [0.4, 0.5) is 5.69 Å². The molecular formula is C21H24N2O3. The van der Waals surface area contributed by atoms with Crippen LogP contribution in [-0.2, 0) is 4.74 Å². The maximum atomic E-state index is 12.9. The van der Waals surface area contributed by atoms with E-state index in [2.05, 4.69) is 5.32 Å². The van der Waals surface area contributed by atoms with Gasteiger partial charge in [-0.2, -0.15) is 0 Å². The van der Waals surface area contributed by atoms with Crippen molar-refractivity contribution in [3.63, 3.8) is 0 Å². The summed E-state index contributed by atoms with van der Waals surface area (Å²) in [6.07, 6.45) is 2.15. The molecule has 0 bridgehead atoms. The summed E-state index contributed by atoms with van der Waals surface area (Å²) in [5.41, 5.74) is 2.61. The quantitative estimate of drug-likeness (QED) is 0.888. The second kappa shape index (κ2) is 7.38. The van der Waals surface area contributed by atoms with Gasteiger partial charge in [0.2, 0.25) is 0 Å². The Hall–Kier alpha value is -2.53. The number of hydrogen-bond acceptors (Lipinski definition) is 4. The first kappa shape index (κ1) is 16.9. The number of anilines is 1. The predicted molar refractivity (Wildman–Crippen MR) is 100 cm³/mol. The largest absolute Gasteiger partial charge is 0.491 e. The van der Waals surface area contributed by atoms with Crippen molar-refractivity contribution in [1.82, 2.24) is 4.90 Å². The van der Waals surface area contributed by atoms with E-state index in [4.69, 9.17) is 9.47 Å². The van der Waals surface area contributed by atoms with Gasteiger partial charge >= 0.3 is 0 Å². The molecule has 0 aromatic heterocycles. The number of rotatable bonds is 5. The van der Waals surface area contributed by atoms with Gasteiger partial charge in [0.1, 0.15) is 18.5 Å². The maximum Gasteiger partial charge on any atom is 0.257 e. The number of para-hydroxylation sites is 1. The predicted octanol–water partition coefficient (Wildman–Crippen LogP) is 3.83. The lowest BCUT2D eigenvalue weighted by Gasteiger charge is -2.37. The Morgan fingerprint density at radius 2 is 2.12 bits per heavy atom. The second-order valence-corrected chi connectivity index (χ2v) is 6.70. The minimum absolute atomic E-state index is 0.0533. The van der Waals surface area contributed by atoms with Crippen LogP contribution >= 0.6 is 0 Å². The molecule has 5 heteroatoms. The first-order valence-corrected chi connectivity index (χ1v) is 9.27. The van der Waals surface area contributed by atoms with Crippen LogP contribution in [0, 0.1) is 0 Å². The molecular weight excluding hydrogens is 328 g/mol. The van der Waals surface area contributed by atoms with Crippen LogP contribution in [0.25, 0.3) is 0 Å². The van der Waals surface area contributed by atoms with E-state index in [0.29, 0.717) is 13.2 Å². The zero-order valence-electron chi connectivity index (χ0n) is 15.0. The van der Waals surface area contributed by atoms with Crippen LogP contribution in [0.3, 0.4) is 0 Å². The van der Waals surface area contributed by atoms with Crippen LogP contribution in [0.2, 0.25) is 0 Å². The summed E-state index contributed by atoms with van der Waals surface area (Å²) in [6, 6.07) is 15.6. The topological polar surface area (TPSA) is 50.8 Å². The standard InChI is InChI=1S/C21H24N2O3/c1-2-23-20(22-19-11-4-3-10-18(19)21(23)24)15-7-5-8-16(13-15)26-14-17-9-6-12-25-17/h3-5,7-8,10-11,13,17,20,22H,2,6,9,12,14H2,1H3. The number of carbonyl (C=O) groups excluding carboxylic acids is 1. The molecule has 1 fully saturated rings. The highest BCUT2D eigenvalue weighted by atomic mass is 16.5. The molecule has 0 aliphatic carbocycles. The number of nitrogens with zero attached hydrogens (tertiary/aromatic N) is 1. The molecule has 0 radical (unpaired) electrons. The third kappa shape index (κ3) is 3.27. The Labute approximate surface area is 153 Å². The Morgan fingerprint density at radius 1 is 1.23 bits per heavy atom. The highest BCUT2D eigenvalue weighted by Gasteiger charge is 2.31. The summed E-state index contributed by atoms with van der Waals surface area (Å²) in [4.78, 5) is 14.7. The van der Waals surface area contributed by atoms with E-state index in [9.17, 15) is 4.79 Å². The molecule has 0 saturated carbocycles. The summed E-state index contributed by atoms with van der Waals surface area (Å²) in [5, 5.41) is 3.49. The van der Waals surface area contributed by atoms with Gasteiger partial charge in [0, 0.05) is 18.8 Å². The zero-order chi connectivity index (χ0) is 17.9. The summed E-state index contributed by atoms with van der Waals surface area (Å²) in [6.45, 7) is 4.03. The monoisotopic (exact) mass is 352 g/mol. The highest BCUT2D eigenvalue weighted by molar-refractivity contribution is 6.01. The van der Waals surface area contributed by atoms with Crippen molar-refractivity contribution in [2.24, 2.45) is 0 Å². The van der Waals surface area contributed by atoms with Crippen molar-refractivity contribution in [2.45, 2.75) is 32.0 Å². The van der Waals surface area contributed by atoms with Gasteiger partial charge in [-0.15, -0.1) is 0 Å². The number of nitrogens with one attached hydrogen (secondary N) is 1. The third-order valence-corrected chi connectivity index (χ3v) is 5.00. The zero-order valence-corrected chi connectivity index (χ0v) is 15.0. The van der Waals surface area contributed by atoms with Gasteiger partial charge < -0.3 is 19.7 Å². The minimum atomic E-state index is -0.200. The molecule has 2 aliphatic rings. The van der Waals surface area contributed by atoms with Gasteiger partial charge in [0.25, 0.3) is 5.91 Å². The van der Waals surface area contributed by atoms with Gasteiger partial charge in [0.05, 0.1) is 11.7 Å². The summed E-state index contributed by atoms with van der Waals surface area (Å²) in [5.74, 6) is 0.861. The van der Waals surface area contributed by atoms with E-state index in [0.717, 1.165) is 42.0 Å². The molecule has 5 nitrogen and oxygen atoms in total. The van der Waals surface area contributed by atoms with Crippen LogP contribution < -0.4 is 10.1 Å². The smallest absolute Gasteiger partial charge is 0.257 e. The fraction of sp³-hybridized carbons (Fsp3) is 0.381. The van der Waals surface area contributed by atoms with E-state index >= 15 is 0 Å². The Bertz CT molecular complexity index is 786. The number of ether oxygens (including phenoxy) is 2. The van der Waals surface area contributed by atoms with Gasteiger partial charge in [-0.05, 0) is 49.6 Å². The van der Waals surface area contributed by atoms with Crippen molar-refractivity contribution in [1.29, 1.82) is 0 Å². The number of amides is 1. The number of benzene rings is 2. The van der Waals surface area contributed by atoms with E-state index in [1.807, 2.05) is 60.4 Å². The fourth-order valence-electron chi connectivity index (χ4n) is 3.62. The average Bonchev–Trinajstić information content (AvgIpc) is 3.20. The van der Waals surface area contributed by atoms with Gasteiger partial charge in [-0.1, -0.05) is 24.3 Å². The molecule has 1 N–H and O–H groups in total. The molecule has 2 aliphatic heterocycles. The third-order valence-electron chi connectivity index (χ3n) is 5.00. The van der Waals surface area contributed by atoms with Crippen molar-refractivity contribution in [3.05, 3.63) is 59.7 Å². The number of carbonyl (C=O) groups is 1. The summed E-state index contributed by atoms with van der Waals surface area (Å²) < 4.78 is 11.5. The normalized spacial score (nSPS) is 22.0. The minimum Gasteiger partial charge on any atom is -0.491 e. The molecule has 0 spiro atoms. The molecule has 2 atom stereocenters. The van der Waals surface area contributed by atoms with E-state index in [-0.39, 0.29) is 18.2 Å². The van der Waals surface area contributed by atoms with E-state index in [1.54, 1.807) is 0 Å². The molecule has 26 heavy (non-hydrogen) atoms. The first-order chi connectivity index (χ1) is 12.8. The second-order valence-electron chi connectivity index (χ2n) is 6.70. The van der Waals surface area contributed by atoms with Crippen molar-refractivity contribution >= 4 is 11.6 Å². The van der Waals surface area contributed by atoms with E-state index in [1.165, 1.54) is 0 Å². The molecule has 1 saturated heterocycles.